The second-order valence-electron chi connectivity index (χ2n) is 3.71. The lowest BCUT2D eigenvalue weighted by Gasteiger charge is -2.18. The molecule has 14 heavy (non-hydrogen) atoms. The van der Waals surface area contributed by atoms with Gasteiger partial charge in [-0.2, -0.15) is 0 Å². The largest absolute Gasteiger partial charge is 0.468 e. The van der Waals surface area contributed by atoms with Crippen LogP contribution in [-0.2, 0) is 0 Å². The van der Waals surface area contributed by atoms with Gasteiger partial charge in [0.15, 0.2) is 0 Å². The summed E-state index contributed by atoms with van der Waals surface area (Å²) in [6.07, 6.45) is 1.73. The molecule has 0 spiro atoms. The van der Waals surface area contributed by atoms with Crippen LogP contribution in [-0.4, -0.2) is 13.1 Å². The smallest absolute Gasteiger partial charge is 0.121 e. The molecular weight excluding hydrogens is 242 g/mol. The van der Waals surface area contributed by atoms with E-state index in [-0.39, 0.29) is 0 Å². The van der Waals surface area contributed by atoms with Gasteiger partial charge in [-0.25, -0.2) is 0 Å². The molecule has 80 valence electrons. The minimum Gasteiger partial charge on any atom is -0.468 e. The van der Waals surface area contributed by atoms with Crippen molar-refractivity contribution in [2.24, 2.45) is 5.92 Å². The molecule has 1 aromatic heterocycles. The summed E-state index contributed by atoms with van der Waals surface area (Å²) in [7, 11) is 0. The van der Waals surface area contributed by atoms with Crippen molar-refractivity contribution in [3.63, 3.8) is 0 Å². The Labute approximate surface area is 94.2 Å². The predicted molar refractivity (Wildman–Crippen MR) is 62.5 cm³/mol. The third-order valence-electron chi connectivity index (χ3n) is 2.63. The Bertz CT molecular complexity index is 272. The first-order chi connectivity index (χ1) is 6.66. The topological polar surface area (TPSA) is 25.2 Å². The first kappa shape index (κ1) is 11.8. The summed E-state index contributed by atoms with van der Waals surface area (Å²) in [5.41, 5.74) is 0. The van der Waals surface area contributed by atoms with E-state index in [0.717, 1.165) is 23.3 Å². The van der Waals surface area contributed by atoms with Gasteiger partial charge in [-0.05, 0) is 41.0 Å². The number of rotatable bonds is 5. The molecule has 0 aliphatic rings. The zero-order chi connectivity index (χ0) is 10.6. The molecule has 1 N–H and O–H groups in total. The molecule has 0 amide bonds. The maximum atomic E-state index is 5.45. The molecule has 2 nitrogen and oxygen atoms in total. The molecule has 0 saturated heterocycles. The van der Waals surface area contributed by atoms with Crippen molar-refractivity contribution in [3.8, 4) is 0 Å². The molecule has 0 radical (unpaired) electrons. The SMILES string of the molecule is CCNCC(C)C(C)c1occc1Br. The van der Waals surface area contributed by atoms with E-state index in [2.05, 4.69) is 42.0 Å². The van der Waals surface area contributed by atoms with E-state index < -0.39 is 0 Å². The first-order valence-corrected chi connectivity index (χ1v) is 5.89. The van der Waals surface area contributed by atoms with Crippen LogP contribution in [0.15, 0.2) is 21.2 Å². The van der Waals surface area contributed by atoms with Gasteiger partial charge >= 0.3 is 0 Å². The Balaban J connectivity index is 2.56. The van der Waals surface area contributed by atoms with Crippen LogP contribution in [0.3, 0.4) is 0 Å². The summed E-state index contributed by atoms with van der Waals surface area (Å²) in [6, 6.07) is 1.95. The number of hydrogen-bond donors (Lipinski definition) is 1. The minimum absolute atomic E-state index is 0.443. The number of furan rings is 1. The Morgan fingerprint density at radius 1 is 1.50 bits per heavy atom. The van der Waals surface area contributed by atoms with Gasteiger partial charge in [0.1, 0.15) is 5.76 Å². The van der Waals surface area contributed by atoms with Crippen LogP contribution in [0, 0.1) is 5.92 Å². The maximum Gasteiger partial charge on any atom is 0.121 e. The van der Waals surface area contributed by atoms with Crippen LogP contribution in [0.2, 0.25) is 0 Å². The van der Waals surface area contributed by atoms with Gasteiger partial charge in [0.25, 0.3) is 0 Å². The van der Waals surface area contributed by atoms with E-state index in [1.54, 1.807) is 6.26 Å². The van der Waals surface area contributed by atoms with Crippen molar-refractivity contribution in [1.82, 2.24) is 5.32 Å². The fourth-order valence-electron chi connectivity index (χ4n) is 1.44. The van der Waals surface area contributed by atoms with Crippen molar-refractivity contribution in [2.75, 3.05) is 13.1 Å². The fraction of sp³-hybridized carbons (Fsp3) is 0.636. The lowest BCUT2D eigenvalue weighted by atomic mass is 9.93. The zero-order valence-electron chi connectivity index (χ0n) is 9.01. The van der Waals surface area contributed by atoms with Crippen molar-refractivity contribution in [2.45, 2.75) is 26.7 Å². The van der Waals surface area contributed by atoms with E-state index in [4.69, 9.17) is 4.42 Å². The van der Waals surface area contributed by atoms with Gasteiger partial charge in [-0.15, -0.1) is 0 Å². The van der Waals surface area contributed by atoms with E-state index >= 15 is 0 Å². The summed E-state index contributed by atoms with van der Waals surface area (Å²) in [5.74, 6) is 2.08. The Hall–Kier alpha value is -0.280. The van der Waals surface area contributed by atoms with E-state index in [1.807, 2.05) is 6.07 Å². The summed E-state index contributed by atoms with van der Waals surface area (Å²) < 4.78 is 6.53. The molecule has 1 rings (SSSR count). The quantitative estimate of drug-likeness (QED) is 0.877. The Kier molecular flexibility index (Phi) is 4.69. The standard InChI is InChI=1S/C11H18BrNO/c1-4-13-7-8(2)9(3)11-10(12)5-6-14-11/h5-6,8-9,13H,4,7H2,1-3H3. The van der Waals surface area contributed by atoms with Crippen LogP contribution < -0.4 is 5.32 Å². The van der Waals surface area contributed by atoms with Crippen LogP contribution in [0.4, 0.5) is 0 Å². The Morgan fingerprint density at radius 3 is 2.71 bits per heavy atom. The van der Waals surface area contributed by atoms with Gasteiger partial charge in [-0.3, -0.25) is 0 Å². The van der Waals surface area contributed by atoms with Crippen molar-refractivity contribution < 1.29 is 4.42 Å². The number of hydrogen-bond acceptors (Lipinski definition) is 2. The highest BCUT2D eigenvalue weighted by Gasteiger charge is 2.19. The van der Waals surface area contributed by atoms with Crippen LogP contribution >= 0.6 is 15.9 Å². The summed E-state index contributed by atoms with van der Waals surface area (Å²) in [6.45, 7) is 8.62. The minimum atomic E-state index is 0.443. The number of nitrogens with one attached hydrogen (secondary N) is 1. The van der Waals surface area contributed by atoms with Gasteiger partial charge in [0, 0.05) is 5.92 Å². The average molecular weight is 260 g/mol. The Morgan fingerprint density at radius 2 is 2.21 bits per heavy atom. The van der Waals surface area contributed by atoms with Crippen molar-refractivity contribution >= 4 is 15.9 Å². The van der Waals surface area contributed by atoms with Crippen LogP contribution in [0.25, 0.3) is 0 Å². The summed E-state index contributed by atoms with van der Waals surface area (Å²) >= 11 is 3.49. The maximum absolute atomic E-state index is 5.45. The molecule has 0 aromatic carbocycles. The molecular formula is C11H18BrNO. The molecule has 0 saturated carbocycles. The third kappa shape index (κ3) is 2.85. The average Bonchev–Trinajstić information content (AvgIpc) is 2.59. The number of halogens is 1. The first-order valence-electron chi connectivity index (χ1n) is 5.10. The summed E-state index contributed by atoms with van der Waals surface area (Å²) in [5, 5.41) is 3.35. The van der Waals surface area contributed by atoms with Gasteiger partial charge in [0.05, 0.1) is 10.7 Å². The normalized spacial score (nSPS) is 15.4. The van der Waals surface area contributed by atoms with E-state index in [0.29, 0.717) is 11.8 Å². The van der Waals surface area contributed by atoms with Crippen molar-refractivity contribution in [3.05, 3.63) is 22.6 Å². The highest BCUT2D eigenvalue weighted by Crippen LogP contribution is 2.30. The predicted octanol–water partition coefficient (Wildman–Crippen LogP) is 3.39. The highest BCUT2D eigenvalue weighted by molar-refractivity contribution is 9.10. The fourth-order valence-corrected chi connectivity index (χ4v) is 2.00. The second kappa shape index (κ2) is 5.56. The molecule has 0 aliphatic carbocycles. The van der Waals surface area contributed by atoms with Crippen LogP contribution in [0.5, 0.6) is 0 Å². The molecule has 1 aromatic rings. The molecule has 2 atom stereocenters. The lowest BCUT2D eigenvalue weighted by molar-refractivity contribution is 0.381. The van der Waals surface area contributed by atoms with Gasteiger partial charge < -0.3 is 9.73 Å². The van der Waals surface area contributed by atoms with Gasteiger partial charge in [0.2, 0.25) is 0 Å². The van der Waals surface area contributed by atoms with E-state index in [1.165, 1.54) is 0 Å². The van der Waals surface area contributed by atoms with Crippen LogP contribution in [0.1, 0.15) is 32.4 Å². The van der Waals surface area contributed by atoms with E-state index in [9.17, 15) is 0 Å². The third-order valence-corrected chi connectivity index (χ3v) is 3.28. The molecule has 0 bridgehead atoms. The molecule has 0 aliphatic heterocycles. The summed E-state index contributed by atoms with van der Waals surface area (Å²) in [4.78, 5) is 0. The van der Waals surface area contributed by atoms with Crippen molar-refractivity contribution in [1.29, 1.82) is 0 Å². The molecule has 0 fully saturated rings. The molecule has 3 heteroatoms. The second-order valence-corrected chi connectivity index (χ2v) is 4.56. The molecule has 2 unspecified atom stereocenters. The lowest BCUT2D eigenvalue weighted by Crippen LogP contribution is -2.23. The molecule has 1 heterocycles. The monoisotopic (exact) mass is 259 g/mol. The highest BCUT2D eigenvalue weighted by atomic mass is 79.9. The van der Waals surface area contributed by atoms with Gasteiger partial charge in [-0.1, -0.05) is 20.8 Å². The zero-order valence-corrected chi connectivity index (χ0v) is 10.6.